The third-order valence-corrected chi connectivity index (χ3v) is 7.85. The van der Waals surface area contributed by atoms with Gasteiger partial charge in [0, 0.05) is 37.9 Å². The summed E-state index contributed by atoms with van der Waals surface area (Å²) in [6.07, 6.45) is 5.38. The van der Waals surface area contributed by atoms with Crippen molar-refractivity contribution < 1.29 is 14.3 Å². The molecule has 0 spiro atoms. The number of ether oxygens (including phenoxy) is 1. The summed E-state index contributed by atoms with van der Waals surface area (Å²) in [5, 5.41) is 0.558. The van der Waals surface area contributed by atoms with Crippen molar-refractivity contribution >= 4 is 23.8 Å². The number of nitrogens with zero attached hydrogens (tertiary/aromatic N) is 5. The van der Waals surface area contributed by atoms with Crippen molar-refractivity contribution in [1.29, 1.82) is 0 Å². The molecule has 8 nitrogen and oxygen atoms in total. The van der Waals surface area contributed by atoms with E-state index in [0.717, 1.165) is 30.7 Å². The predicted octanol–water partition coefficient (Wildman–Crippen LogP) is 3.74. The van der Waals surface area contributed by atoms with Gasteiger partial charge in [-0.1, -0.05) is 42.1 Å². The number of likely N-dealkylation sites (tertiary alicyclic amines) is 1. The number of rotatable bonds is 5. The Balaban J connectivity index is 1.05. The number of aromatic nitrogens is 3. The smallest absolute Gasteiger partial charge is 0.411 e. The number of carbonyl (C=O) groups excluding carboxylic acids is 2. The molecule has 4 heterocycles. The lowest BCUT2D eigenvalue weighted by atomic mass is 9.99. The molecule has 1 aliphatic carbocycles. The van der Waals surface area contributed by atoms with Gasteiger partial charge in [0.15, 0.2) is 5.16 Å². The van der Waals surface area contributed by atoms with Gasteiger partial charge >= 0.3 is 6.09 Å². The molecule has 6 rings (SSSR count). The van der Waals surface area contributed by atoms with E-state index in [0.29, 0.717) is 18.2 Å². The first-order chi connectivity index (χ1) is 17.2. The van der Waals surface area contributed by atoms with Crippen LogP contribution in [-0.4, -0.2) is 67.7 Å². The lowest BCUT2D eigenvalue weighted by Gasteiger charge is -2.37. The molecular formula is C26H25N5O3S. The van der Waals surface area contributed by atoms with Gasteiger partial charge in [-0.3, -0.25) is 14.7 Å². The summed E-state index contributed by atoms with van der Waals surface area (Å²) in [6.45, 7) is 1.25. The van der Waals surface area contributed by atoms with E-state index < -0.39 is 0 Å². The molecule has 2 amide bonds. The number of thioether (sulfide) groups is 1. The van der Waals surface area contributed by atoms with Crippen LogP contribution in [0.5, 0.6) is 0 Å². The van der Waals surface area contributed by atoms with Crippen molar-refractivity contribution in [3.8, 4) is 11.4 Å². The average molecular weight is 488 g/mol. The van der Waals surface area contributed by atoms with Crippen molar-refractivity contribution in [2.24, 2.45) is 0 Å². The zero-order valence-corrected chi connectivity index (χ0v) is 19.9. The highest BCUT2D eigenvalue weighted by molar-refractivity contribution is 7.99. The molecule has 35 heavy (non-hydrogen) atoms. The topological polar surface area (TPSA) is 88.5 Å². The second-order valence-corrected chi connectivity index (χ2v) is 9.96. The molecular weight excluding hydrogens is 462 g/mol. The van der Waals surface area contributed by atoms with Crippen LogP contribution < -0.4 is 0 Å². The fourth-order valence-electron chi connectivity index (χ4n) is 5.33. The fraction of sp³-hybridized carbons (Fsp3) is 0.346. The SMILES string of the molecule is O=C(CSc1nccc(-c2ccccn2)n1)N1CCC(N2C(=O)O[C@H]3Cc4ccccc4[C@H]32)CC1. The van der Waals surface area contributed by atoms with Gasteiger partial charge in [0.25, 0.3) is 0 Å². The summed E-state index contributed by atoms with van der Waals surface area (Å²) in [5.41, 5.74) is 3.98. The van der Waals surface area contributed by atoms with Crippen LogP contribution in [0.15, 0.2) is 66.1 Å². The monoisotopic (exact) mass is 487 g/mol. The maximum absolute atomic E-state index is 12.9. The minimum absolute atomic E-state index is 0.00923. The molecule has 0 bridgehead atoms. The Morgan fingerprint density at radius 2 is 1.83 bits per heavy atom. The maximum Gasteiger partial charge on any atom is 0.411 e. The third-order valence-electron chi connectivity index (χ3n) is 7.01. The van der Waals surface area contributed by atoms with Gasteiger partial charge in [-0.2, -0.15) is 0 Å². The Kier molecular flexibility index (Phi) is 5.85. The van der Waals surface area contributed by atoms with Crippen LogP contribution in [0.2, 0.25) is 0 Å². The molecule has 2 atom stereocenters. The summed E-state index contributed by atoms with van der Waals surface area (Å²) in [5.74, 6) is 0.341. The zero-order valence-electron chi connectivity index (χ0n) is 19.1. The van der Waals surface area contributed by atoms with E-state index in [2.05, 4.69) is 27.1 Å². The van der Waals surface area contributed by atoms with Crippen molar-refractivity contribution in [1.82, 2.24) is 24.8 Å². The van der Waals surface area contributed by atoms with Gasteiger partial charge in [-0.25, -0.2) is 14.8 Å². The number of hydrogen-bond donors (Lipinski definition) is 0. The maximum atomic E-state index is 12.9. The van der Waals surface area contributed by atoms with Crippen LogP contribution in [0.1, 0.15) is 30.0 Å². The molecule has 0 saturated carbocycles. The van der Waals surface area contributed by atoms with E-state index in [1.54, 1.807) is 12.4 Å². The first-order valence-electron chi connectivity index (χ1n) is 11.9. The quantitative estimate of drug-likeness (QED) is 0.400. The molecule has 3 aliphatic rings. The number of fused-ring (bicyclic) bond motifs is 3. The molecule has 2 fully saturated rings. The van der Waals surface area contributed by atoms with E-state index >= 15 is 0 Å². The normalized spacial score (nSPS) is 21.5. The van der Waals surface area contributed by atoms with E-state index in [1.165, 1.54) is 22.9 Å². The number of carbonyl (C=O) groups is 2. The summed E-state index contributed by atoms with van der Waals surface area (Å²) < 4.78 is 5.72. The van der Waals surface area contributed by atoms with Crippen LogP contribution in [0.3, 0.4) is 0 Å². The van der Waals surface area contributed by atoms with Gasteiger partial charge in [0.05, 0.1) is 23.2 Å². The van der Waals surface area contributed by atoms with Gasteiger partial charge in [-0.05, 0) is 42.2 Å². The number of amides is 2. The average Bonchev–Trinajstić information content (AvgIpc) is 3.42. The Bertz CT molecular complexity index is 1250. The van der Waals surface area contributed by atoms with E-state index in [1.807, 2.05) is 46.2 Å². The van der Waals surface area contributed by atoms with Gasteiger partial charge in [0.1, 0.15) is 6.10 Å². The van der Waals surface area contributed by atoms with E-state index in [-0.39, 0.29) is 35.9 Å². The van der Waals surface area contributed by atoms with Crippen molar-refractivity contribution in [2.45, 2.75) is 42.6 Å². The number of pyridine rings is 1. The fourth-order valence-corrected chi connectivity index (χ4v) is 6.06. The Hall–Kier alpha value is -3.46. The molecule has 2 aliphatic heterocycles. The van der Waals surface area contributed by atoms with E-state index in [4.69, 9.17) is 4.74 Å². The third kappa shape index (κ3) is 4.25. The number of piperidine rings is 1. The number of benzene rings is 1. The largest absolute Gasteiger partial charge is 0.443 e. The summed E-state index contributed by atoms with van der Waals surface area (Å²) >= 11 is 1.34. The van der Waals surface area contributed by atoms with Gasteiger partial charge in [0.2, 0.25) is 5.91 Å². The van der Waals surface area contributed by atoms with E-state index in [9.17, 15) is 9.59 Å². The lowest BCUT2D eigenvalue weighted by molar-refractivity contribution is -0.129. The Morgan fingerprint density at radius 3 is 2.66 bits per heavy atom. The first kappa shape index (κ1) is 22.0. The predicted molar refractivity (Wildman–Crippen MR) is 131 cm³/mol. The second-order valence-electron chi connectivity index (χ2n) is 9.02. The molecule has 0 unspecified atom stereocenters. The van der Waals surface area contributed by atoms with Crippen LogP contribution in [0, 0.1) is 0 Å². The minimum atomic E-state index is -0.222. The van der Waals surface area contributed by atoms with Crippen molar-refractivity contribution in [3.63, 3.8) is 0 Å². The van der Waals surface area contributed by atoms with Crippen LogP contribution >= 0.6 is 11.8 Å². The molecule has 3 aromatic rings. The van der Waals surface area contributed by atoms with Crippen molar-refractivity contribution in [3.05, 3.63) is 72.1 Å². The Morgan fingerprint density at radius 1 is 1.00 bits per heavy atom. The van der Waals surface area contributed by atoms with Crippen LogP contribution in [-0.2, 0) is 16.0 Å². The first-order valence-corrected chi connectivity index (χ1v) is 12.9. The van der Waals surface area contributed by atoms with Crippen molar-refractivity contribution in [2.75, 3.05) is 18.8 Å². The highest BCUT2D eigenvalue weighted by atomic mass is 32.2. The summed E-state index contributed by atoms with van der Waals surface area (Å²) in [7, 11) is 0. The van der Waals surface area contributed by atoms with Crippen LogP contribution in [0.25, 0.3) is 11.4 Å². The molecule has 0 radical (unpaired) electrons. The molecule has 0 N–H and O–H groups in total. The zero-order chi connectivity index (χ0) is 23.8. The molecule has 2 saturated heterocycles. The summed E-state index contributed by atoms with van der Waals surface area (Å²) in [6, 6.07) is 15.8. The molecule has 1 aromatic carbocycles. The van der Waals surface area contributed by atoms with Gasteiger partial charge < -0.3 is 9.64 Å². The van der Waals surface area contributed by atoms with Crippen LogP contribution in [0.4, 0.5) is 4.79 Å². The molecule has 178 valence electrons. The molecule has 9 heteroatoms. The standard InChI is InChI=1S/C26H25N5O3S/c32-23(16-35-25-28-12-8-21(29-25)20-7-3-4-11-27-20)30-13-9-18(10-14-30)31-24-19-6-2-1-5-17(19)15-22(24)34-26(31)33/h1-8,11-12,18,22,24H,9-10,13-16H2/t22-,24+/m0/s1. The highest BCUT2D eigenvalue weighted by Gasteiger charge is 2.50. The lowest BCUT2D eigenvalue weighted by Crippen LogP contribution is -2.48. The number of hydrogen-bond acceptors (Lipinski definition) is 7. The summed E-state index contributed by atoms with van der Waals surface area (Å²) in [4.78, 5) is 42.6. The minimum Gasteiger partial charge on any atom is -0.443 e. The highest BCUT2D eigenvalue weighted by Crippen LogP contribution is 2.44. The molecule has 2 aromatic heterocycles. The van der Waals surface area contributed by atoms with Gasteiger partial charge in [-0.15, -0.1) is 0 Å². The Labute approximate surface area is 207 Å². The second kappa shape index (κ2) is 9.30.